The lowest BCUT2D eigenvalue weighted by Crippen LogP contribution is -2.20. The average molecular weight is 137 g/mol. The van der Waals surface area contributed by atoms with Gasteiger partial charge in [0.25, 0.3) is 0 Å². The maximum absolute atomic E-state index is 8.83. The number of guanidine groups is 1. The minimum Gasteiger partial charge on any atom is -0.370 e. The third-order valence-corrected chi connectivity index (χ3v) is 0.0861. The molecule has 0 rings (SSSR count). The smallest absolute Gasteiger partial charge is 0.311 e. The average Bonchev–Trinajstić information content (AvgIpc) is 1.65. The van der Waals surface area contributed by atoms with Gasteiger partial charge in [0, 0.05) is 0 Å². The van der Waals surface area contributed by atoms with Gasteiger partial charge >= 0.3 is 5.09 Å². The maximum atomic E-state index is 8.83. The lowest BCUT2D eigenvalue weighted by molar-refractivity contribution is -0.762. The summed E-state index contributed by atoms with van der Waals surface area (Å²) in [6.07, 6.45) is 0. The molecule has 0 unspecified atom stereocenters. The van der Waals surface area contributed by atoms with Gasteiger partial charge in [-0.2, -0.15) is 5.90 Å². The molecule has 0 aromatic rings. The summed E-state index contributed by atoms with van der Waals surface area (Å²) in [7, 11) is 0. The van der Waals surface area contributed by atoms with E-state index in [2.05, 4.69) is 22.3 Å². The van der Waals surface area contributed by atoms with E-state index in [4.69, 9.17) is 15.5 Å². The zero-order valence-corrected chi connectivity index (χ0v) is 4.40. The van der Waals surface area contributed by atoms with E-state index in [1.165, 1.54) is 0 Å². The predicted molar refractivity (Wildman–Crippen MR) is 28.4 cm³/mol. The molecule has 0 aromatic carbocycles. The number of nitrogens with zero attached hydrogens (tertiary/aromatic N) is 1. The van der Waals surface area contributed by atoms with Gasteiger partial charge in [0.15, 0.2) is 5.96 Å². The van der Waals surface area contributed by atoms with Crippen molar-refractivity contribution < 1.29 is 10.0 Å². The van der Waals surface area contributed by atoms with E-state index >= 15 is 0 Å². The van der Waals surface area contributed by atoms with Crippen molar-refractivity contribution in [3.63, 3.8) is 0 Å². The Morgan fingerprint density at radius 2 is 1.78 bits per heavy atom. The molecule has 0 aliphatic heterocycles. The summed E-state index contributed by atoms with van der Waals surface area (Å²) in [5, 5.41) is 13.8. The summed E-state index contributed by atoms with van der Waals surface area (Å²) >= 11 is 0. The fourth-order valence-electron chi connectivity index (χ4n) is 0. The normalized spacial score (nSPS) is 6.33. The molecule has 54 valence electrons. The van der Waals surface area contributed by atoms with Gasteiger partial charge in [-0.1, -0.05) is 0 Å². The summed E-state index contributed by atoms with van der Waals surface area (Å²) in [6.45, 7) is 0. The van der Waals surface area contributed by atoms with Gasteiger partial charge in [-0.05, 0) is 0 Å². The van der Waals surface area contributed by atoms with E-state index in [9.17, 15) is 0 Å². The lowest BCUT2D eigenvalue weighted by atomic mass is 11.1. The summed E-state index contributed by atoms with van der Waals surface area (Å²) in [5.74, 6) is 3.64. The van der Waals surface area contributed by atoms with Crippen molar-refractivity contribution in [1.29, 1.82) is 5.41 Å². The Hall–Kier alpha value is -1.57. The number of nitrogens with two attached hydrogens (primary N) is 3. The van der Waals surface area contributed by atoms with Crippen LogP contribution in [0.5, 0.6) is 0 Å². The van der Waals surface area contributed by atoms with Crippen LogP contribution >= 0.6 is 0 Å². The lowest BCUT2D eigenvalue weighted by Gasteiger charge is -1.74. The minimum atomic E-state index is -1.10. The van der Waals surface area contributed by atoms with E-state index < -0.39 is 5.09 Å². The number of nitrogens with one attached hydrogen (secondary N) is 1. The molecule has 0 fully saturated rings. The zero-order valence-electron chi connectivity index (χ0n) is 4.40. The van der Waals surface area contributed by atoms with Crippen molar-refractivity contribution in [2.24, 2.45) is 17.4 Å². The Morgan fingerprint density at radius 3 is 1.78 bits per heavy atom. The van der Waals surface area contributed by atoms with E-state index in [0.717, 1.165) is 0 Å². The summed E-state index contributed by atoms with van der Waals surface area (Å²) < 4.78 is 0. The van der Waals surface area contributed by atoms with E-state index in [1.807, 2.05) is 0 Å². The highest BCUT2D eigenvalue weighted by molar-refractivity contribution is 5.71. The topological polar surface area (TPSA) is 154 Å². The molecule has 0 aromatic heterocycles. The van der Waals surface area contributed by atoms with Gasteiger partial charge in [-0.25, -0.2) is 4.94 Å². The molecule has 8 heteroatoms. The molecule has 0 spiro atoms. The first-order valence-corrected chi connectivity index (χ1v) is 1.61. The van der Waals surface area contributed by atoms with E-state index in [0.29, 0.717) is 0 Å². The first-order chi connectivity index (χ1) is 4.00. The van der Waals surface area contributed by atoms with Crippen molar-refractivity contribution >= 4 is 5.96 Å². The molecule has 0 aliphatic rings. The Kier molecular flexibility index (Phi) is 7.44. The minimum absolute atomic E-state index is 0.333. The van der Waals surface area contributed by atoms with Crippen molar-refractivity contribution in [1.82, 2.24) is 0 Å². The van der Waals surface area contributed by atoms with Crippen LogP contribution in [0.25, 0.3) is 0 Å². The molecular weight excluding hydrogens is 130 g/mol. The Labute approximate surface area is 50.1 Å². The van der Waals surface area contributed by atoms with Crippen LogP contribution in [0.1, 0.15) is 0 Å². The Balaban J connectivity index is 0. The highest BCUT2D eigenvalue weighted by atomic mass is 17.0. The fourth-order valence-corrected chi connectivity index (χ4v) is 0. The second kappa shape index (κ2) is 6.43. The van der Waals surface area contributed by atoms with Gasteiger partial charge < -0.3 is 11.5 Å². The molecule has 0 heterocycles. The van der Waals surface area contributed by atoms with Crippen LogP contribution in [0.3, 0.4) is 0 Å². The van der Waals surface area contributed by atoms with Crippen LogP contribution < -0.4 is 17.4 Å². The highest BCUT2D eigenvalue weighted by Gasteiger charge is 1.78. The molecule has 0 amide bonds. The van der Waals surface area contributed by atoms with Gasteiger partial charge in [-0.3, -0.25) is 5.41 Å². The Morgan fingerprint density at radius 1 is 1.67 bits per heavy atom. The van der Waals surface area contributed by atoms with Gasteiger partial charge in [0.05, 0.1) is 0 Å². The van der Waals surface area contributed by atoms with Crippen LogP contribution in [-0.4, -0.2) is 11.0 Å². The molecule has 0 atom stereocenters. The van der Waals surface area contributed by atoms with Gasteiger partial charge in [0.1, 0.15) is 0 Å². The van der Waals surface area contributed by atoms with Gasteiger partial charge in [0.2, 0.25) is 0 Å². The number of hydrogen-bond acceptors (Lipinski definition) is 5. The summed E-state index contributed by atoms with van der Waals surface area (Å²) in [5.41, 5.74) is 8.94. The molecule has 0 saturated heterocycles. The molecule has 0 radical (unpaired) electrons. The summed E-state index contributed by atoms with van der Waals surface area (Å²) in [6, 6.07) is 0. The van der Waals surface area contributed by atoms with Crippen LogP contribution in [0.4, 0.5) is 0 Å². The molecule has 7 N–H and O–H groups in total. The quantitative estimate of drug-likeness (QED) is 0.140. The molecule has 9 heavy (non-hydrogen) atoms. The third kappa shape index (κ3) is 682. The Bertz CT molecular complexity index is 96.4. The van der Waals surface area contributed by atoms with Crippen LogP contribution in [0, 0.1) is 15.5 Å². The first kappa shape index (κ1) is 10.4. The number of rotatable bonds is 1. The first-order valence-electron chi connectivity index (χ1n) is 1.61. The molecule has 8 nitrogen and oxygen atoms in total. The standard InChI is InChI=1S/CH5N3.H2N2O3/c2-1(3)4;1-5-2(3)4/h(H5,2,3,4);1H2. The third-order valence-electron chi connectivity index (χ3n) is 0.0861. The molecule has 0 aliphatic carbocycles. The zero-order chi connectivity index (χ0) is 7.86. The molecular formula is CH7N5O3. The van der Waals surface area contributed by atoms with Crippen molar-refractivity contribution in [2.45, 2.75) is 0 Å². The van der Waals surface area contributed by atoms with Crippen molar-refractivity contribution in [2.75, 3.05) is 0 Å². The van der Waals surface area contributed by atoms with Gasteiger partial charge in [-0.15, -0.1) is 10.1 Å². The van der Waals surface area contributed by atoms with Crippen LogP contribution in [-0.2, 0) is 4.94 Å². The number of hydrogen-bond donors (Lipinski definition) is 4. The highest BCUT2D eigenvalue weighted by Crippen LogP contribution is 1.52. The SMILES string of the molecule is N=C(N)N.NO[N+](=O)[O-]. The van der Waals surface area contributed by atoms with Crippen LogP contribution in [0.15, 0.2) is 0 Å². The molecule has 0 saturated carbocycles. The van der Waals surface area contributed by atoms with Crippen molar-refractivity contribution in [3.05, 3.63) is 10.1 Å². The van der Waals surface area contributed by atoms with E-state index in [1.54, 1.807) is 0 Å². The molecule has 0 bridgehead atoms. The second-order valence-electron chi connectivity index (χ2n) is 0.784. The maximum Gasteiger partial charge on any atom is 0.311 e. The predicted octanol–water partition coefficient (Wildman–Crippen LogP) is -2.09. The van der Waals surface area contributed by atoms with Crippen molar-refractivity contribution in [3.8, 4) is 0 Å². The van der Waals surface area contributed by atoms with E-state index in [-0.39, 0.29) is 5.96 Å². The fraction of sp³-hybridized carbons (Fsp3) is 0. The largest absolute Gasteiger partial charge is 0.370 e. The van der Waals surface area contributed by atoms with Crippen LogP contribution in [0.2, 0.25) is 0 Å². The monoisotopic (exact) mass is 137 g/mol. The summed E-state index contributed by atoms with van der Waals surface area (Å²) in [4.78, 5) is 11.8. The second-order valence-corrected chi connectivity index (χ2v) is 0.784.